The molecule has 1 aromatic heterocycles. The Bertz CT molecular complexity index is 609. The predicted molar refractivity (Wildman–Crippen MR) is 74.6 cm³/mol. The zero-order chi connectivity index (χ0) is 14.0. The van der Waals surface area contributed by atoms with E-state index < -0.39 is 0 Å². The average molecular weight is 282 g/mol. The van der Waals surface area contributed by atoms with E-state index in [1.165, 1.54) is 0 Å². The molecule has 1 atom stereocenters. The Morgan fingerprint density at radius 3 is 2.89 bits per heavy atom. The summed E-state index contributed by atoms with van der Waals surface area (Å²) in [7, 11) is 3.20. The number of hydrogen-bond acceptors (Lipinski definition) is 3. The van der Waals surface area contributed by atoms with Crippen LogP contribution in [0, 0.1) is 0 Å². The lowest BCUT2D eigenvalue weighted by Gasteiger charge is -2.15. The molecule has 0 aliphatic carbocycles. The highest BCUT2D eigenvalue weighted by molar-refractivity contribution is 6.17. The van der Waals surface area contributed by atoms with Gasteiger partial charge in [0.2, 0.25) is 5.91 Å². The Balaban J connectivity index is 2.68. The summed E-state index contributed by atoms with van der Waals surface area (Å²) in [5.74, 6) is 1.47. The average Bonchev–Trinajstić information content (AvgIpc) is 2.83. The molecular formula is C13H16ClN3O2. The number of fused-ring (bicyclic) bond motifs is 1. The molecule has 0 spiro atoms. The molecule has 5 nitrogen and oxygen atoms in total. The van der Waals surface area contributed by atoms with Gasteiger partial charge in [0.05, 0.1) is 18.5 Å². The Labute approximate surface area is 116 Å². The second-order valence-corrected chi connectivity index (χ2v) is 4.42. The van der Waals surface area contributed by atoms with E-state index in [0.717, 1.165) is 11.0 Å². The van der Waals surface area contributed by atoms with Crippen molar-refractivity contribution in [3.8, 4) is 5.75 Å². The standard InChI is InChI=1S/C13H16ClN3O2/c1-8(13(18)15-2)17-9-5-4-6-10(19-3)12(9)16-11(17)7-14/h4-6,8H,7H2,1-3H3,(H,15,18). The number of para-hydroxylation sites is 1. The van der Waals surface area contributed by atoms with E-state index in [-0.39, 0.29) is 17.8 Å². The number of nitrogens with zero attached hydrogens (tertiary/aromatic N) is 2. The third-order valence-electron chi connectivity index (χ3n) is 3.11. The largest absolute Gasteiger partial charge is 0.494 e. The number of alkyl halides is 1. The predicted octanol–water partition coefficient (Wildman–Crippen LogP) is 2.09. The zero-order valence-electron chi connectivity index (χ0n) is 11.1. The molecule has 6 heteroatoms. The molecule has 19 heavy (non-hydrogen) atoms. The molecule has 1 aromatic carbocycles. The second-order valence-electron chi connectivity index (χ2n) is 4.15. The number of carbonyl (C=O) groups excluding carboxylic acids is 1. The van der Waals surface area contributed by atoms with Gasteiger partial charge in [0.1, 0.15) is 23.1 Å². The van der Waals surface area contributed by atoms with Crippen molar-refractivity contribution in [2.24, 2.45) is 0 Å². The van der Waals surface area contributed by atoms with Crippen LogP contribution in [0.3, 0.4) is 0 Å². The zero-order valence-corrected chi connectivity index (χ0v) is 11.9. The van der Waals surface area contributed by atoms with E-state index in [0.29, 0.717) is 11.6 Å². The first-order chi connectivity index (χ1) is 9.13. The highest BCUT2D eigenvalue weighted by atomic mass is 35.5. The van der Waals surface area contributed by atoms with Crippen molar-refractivity contribution < 1.29 is 9.53 Å². The molecule has 0 fully saturated rings. The summed E-state index contributed by atoms with van der Waals surface area (Å²) in [6.45, 7) is 1.81. The van der Waals surface area contributed by atoms with Crippen molar-refractivity contribution in [3.63, 3.8) is 0 Å². The number of methoxy groups -OCH3 is 1. The van der Waals surface area contributed by atoms with E-state index in [2.05, 4.69) is 10.3 Å². The maximum absolute atomic E-state index is 11.8. The molecule has 2 rings (SSSR count). The minimum absolute atomic E-state index is 0.0894. The fraction of sp³-hybridized carbons (Fsp3) is 0.385. The number of likely N-dealkylation sites (N-methyl/N-ethyl adjacent to an activating group) is 1. The van der Waals surface area contributed by atoms with E-state index in [9.17, 15) is 4.79 Å². The number of halogens is 1. The normalized spacial score (nSPS) is 12.4. The fourth-order valence-corrected chi connectivity index (χ4v) is 2.35. The molecule has 0 radical (unpaired) electrons. The number of ether oxygens (including phenoxy) is 1. The van der Waals surface area contributed by atoms with Crippen LogP contribution in [-0.2, 0) is 10.7 Å². The molecule has 1 N–H and O–H groups in total. The Morgan fingerprint density at radius 2 is 2.32 bits per heavy atom. The quantitative estimate of drug-likeness (QED) is 0.873. The highest BCUT2D eigenvalue weighted by Crippen LogP contribution is 2.29. The van der Waals surface area contributed by atoms with E-state index in [4.69, 9.17) is 16.3 Å². The summed E-state index contributed by atoms with van der Waals surface area (Å²) < 4.78 is 7.12. The van der Waals surface area contributed by atoms with Crippen molar-refractivity contribution in [2.45, 2.75) is 18.8 Å². The van der Waals surface area contributed by atoms with Gasteiger partial charge in [0.15, 0.2) is 0 Å². The topological polar surface area (TPSA) is 56.2 Å². The molecule has 1 heterocycles. The van der Waals surface area contributed by atoms with E-state index in [1.54, 1.807) is 14.2 Å². The van der Waals surface area contributed by atoms with Crippen LogP contribution in [0.25, 0.3) is 11.0 Å². The van der Waals surface area contributed by atoms with Crippen LogP contribution in [0.2, 0.25) is 0 Å². The number of amides is 1. The minimum atomic E-state index is -0.379. The van der Waals surface area contributed by atoms with Gasteiger partial charge in [0.25, 0.3) is 0 Å². The number of benzene rings is 1. The summed E-state index contributed by atoms with van der Waals surface area (Å²) in [5.41, 5.74) is 1.56. The molecular weight excluding hydrogens is 266 g/mol. The Hall–Kier alpha value is -1.75. The van der Waals surface area contributed by atoms with E-state index >= 15 is 0 Å². The lowest BCUT2D eigenvalue weighted by atomic mass is 10.2. The summed E-state index contributed by atoms with van der Waals surface area (Å²) in [5, 5.41) is 2.64. The Morgan fingerprint density at radius 1 is 1.58 bits per heavy atom. The molecule has 0 bridgehead atoms. The maximum atomic E-state index is 11.8. The maximum Gasteiger partial charge on any atom is 0.242 e. The summed E-state index contributed by atoms with van der Waals surface area (Å²) >= 11 is 5.94. The second kappa shape index (κ2) is 5.48. The Kier molecular flexibility index (Phi) is 3.95. The van der Waals surface area contributed by atoms with Gasteiger partial charge >= 0.3 is 0 Å². The number of nitrogens with one attached hydrogen (secondary N) is 1. The van der Waals surface area contributed by atoms with Crippen LogP contribution in [0.15, 0.2) is 18.2 Å². The molecule has 1 amide bonds. The molecule has 0 saturated carbocycles. The fourth-order valence-electron chi connectivity index (χ4n) is 2.16. The van der Waals surface area contributed by atoms with Gasteiger partial charge in [-0.1, -0.05) is 6.07 Å². The number of aromatic nitrogens is 2. The third kappa shape index (κ3) is 2.26. The number of rotatable bonds is 4. The molecule has 0 aliphatic rings. The molecule has 0 aliphatic heterocycles. The van der Waals surface area contributed by atoms with Gasteiger partial charge in [-0.25, -0.2) is 4.98 Å². The summed E-state index contributed by atoms with van der Waals surface area (Å²) in [4.78, 5) is 16.3. The molecule has 2 aromatic rings. The summed E-state index contributed by atoms with van der Waals surface area (Å²) in [6.07, 6.45) is 0. The number of carbonyl (C=O) groups is 1. The first-order valence-corrected chi connectivity index (χ1v) is 6.48. The van der Waals surface area contributed by atoms with Gasteiger partial charge in [-0.15, -0.1) is 11.6 Å². The van der Waals surface area contributed by atoms with Gasteiger partial charge in [-0.2, -0.15) is 0 Å². The van der Waals surface area contributed by atoms with Crippen LogP contribution in [-0.4, -0.2) is 29.6 Å². The third-order valence-corrected chi connectivity index (χ3v) is 3.35. The number of imidazole rings is 1. The minimum Gasteiger partial charge on any atom is -0.494 e. The van der Waals surface area contributed by atoms with Crippen molar-refractivity contribution in [1.29, 1.82) is 0 Å². The van der Waals surface area contributed by atoms with Gasteiger partial charge in [0, 0.05) is 7.05 Å². The van der Waals surface area contributed by atoms with Crippen molar-refractivity contribution >= 4 is 28.5 Å². The SMILES string of the molecule is CNC(=O)C(C)n1c(CCl)nc2c(OC)cccc21. The van der Waals surface area contributed by atoms with E-state index in [1.807, 2.05) is 29.7 Å². The van der Waals surface area contributed by atoms with Gasteiger partial charge in [-0.05, 0) is 19.1 Å². The van der Waals surface area contributed by atoms with Crippen LogP contribution < -0.4 is 10.1 Å². The van der Waals surface area contributed by atoms with Crippen molar-refractivity contribution in [2.75, 3.05) is 14.2 Å². The van der Waals surface area contributed by atoms with Crippen molar-refractivity contribution in [1.82, 2.24) is 14.9 Å². The molecule has 1 unspecified atom stereocenters. The van der Waals surface area contributed by atoms with Crippen LogP contribution in [0.4, 0.5) is 0 Å². The molecule has 0 saturated heterocycles. The molecule has 102 valence electrons. The summed E-state index contributed by atoms with van der Waals surface area (Å²) in [6, 6.07) is 5.23. The smallest absolute Gasteiger partial charge is 0.242 e. The van der Waals surface area contributed by atoms with Gasteiger partial charge < -0.3 is 14.6 Å². The monoisotopic (exact) mass is 281 g/mol. The lowest BCUT2D eigenvalue weighted by Crippen LogP contribution is -2.28. The first kappa shape index (κ1) is 13.7. The van der Waals surface area contributed by atoms with Gasteiger partial charge in [-0.3, -0.25) is 4.79 Å². The van der Waals surface area contributed by atoms with Crippen LogP contribution in [0.5, 0.6) is 5.75 Å². The highest BCUT2D eigenvalue weighted by Gasteiger charge is 2.21. The van der Waals surface area contributed by atoms with Crippen LogP contribution >= 0.6 is 11.6 Å². The van der Waals surface area contributed by atoms with Crippen LogP contribution in [0.1, 0.15) is 18.8 Å². The number of hydrogen-bond donors (Lipinski definition) is 1. The van der Waals surface area contributed by atoms with Crippen molar-refractivity contribution in [3.05, 3.63) is 24.0 Å². The first-order valence-electron chi connectivity index (χ1n) is 5.95. The lowest BCUT2D eigenvalue weighted by molar-refractivity contribution is -0.123.